The Balaban J connectivity index is 1.89. The van der Waals surface area contributed by atoms with Gasteiger partial charge in [0.1, 0.15) is 17.2 Å². The summed E-state index contributed by atoms with van der Waals surface area (Å²) in [5.41, 5.74) is 0.917. The molecule has 1 aliphatic rings. The second-order valence-electron chi connectivity index (χ2n) is 6.54. The summed E-state index contributed by atoms with van der Waals surface area (Å²) in [5.74, 6) is 1.18. The fourth-order valence-electron chi connectivity index (χ4n) is 3.47. The van der Waals surface area contributed by atoms with Gasteiger partial charge in [0.15, 0.2) is 0 Å². The van der Waals surface area contributed by atoms with E-state index in [1.54, 1.807) is 26.2 Å². The van der Waals surface area contributed by atoms with Crippen LogP contribution in [0.1, 0.15) is 34.9 Å². The molecular weight excluding hydrogens is 362 g/mol. The number of aromatic nitrogens is 2. The maximum Gasteiger partial charge on any atom is 0.274 e. The summed E-state index contributed by atoms with van der Waals surface area (Å²) in [6, 6.07) is 8.35. The molecule has 0 spiro atoms. The molecule has 1 unspecified atom stereocenters. The molecule has 2 heterocycles. The third-order valence-corrected chi connectivity index (χ3v) is 4.91. The van der Waals surface area contributed by atoms with Gasteiger partial charge in [-0.1, -0.05) is 0 Å². The monoisotopic (exact) mass is 387 g/mol. The average Bonchev–Trinajstić information content (AvgIpc) is 3.21. The molecule has 0 bridgehead atoms. The number of benzene rings is 1. The van der Waals surface area contributed by atoms with Crippen LogP contribution in [0.25, 0.3) is 0 Å². The fourth-order valence-corrected chi connectivity index (χ4v) is 3.47. The third kappa shape index (κ3) is 4.01. The minimum Gasteiger partial charge on any atom is -0.497 e. The largest absolute Gasteiger partial charge is 0.497 e. The molecule has 0 N–H and O–H groups in total. The Kier molecular flexibility index (Phi) is 6.30. The van der Waals surface area contributed by atoms with Gasteiger partial charge in [-0.05, 0) is 31.0 Å². The zero-order valence-corrected chi connectivity index (χ0v) is 16.4. The highest BCUT2D eigenvalue weighted by molar-refractivity contribution is 5.92. The van der Waals surface area contributed by atoms with E-state index >= 15 is 0 Å². The van der Waals surface area contributed by atoms with Gasteiger partial charge in [-0.15, -0.1) is 0 Å². The van der Waals surface area contributed by atoms with E-state index in [9.17, 15) is 9.59 Å². The summed E-state index contributed by atoms with van der Waals surface area (Å²) in [6.07, 6.45) is 1.71. The Labute approximate surface area is 163 Å². The fraction of sp³-hybridized carbons (Fsp3) is 0.450. The first-order valence-electron chi connectivity index (χ1n) is 9.19. The summed E-state index contributed by atoms with van der Waals surface area (Å²) >= 11 is 0. The summed E-state index contributed by atoms with van der Waals surface area (Å²) < 4.78 is 17.0. The van der Waals surface area contributed by atoms with Crippen LogP contribution in [0, 0.1) is 0 Å². The molecule has 8 nitrogen and oxygen atoms in total. The normalized spacial score (nSPS) is 16.2. The zero-order valence-electron chi connectivity index (χ0n) is 16.4. The van der Waals surface area contributed by atoms with Gasteiger partial charge in [-0.2, -0.15) is 5.10 Å². The molecule has 1 aromatic carbocycles. The minimum atomic E-state index is -0.261. The first-order chi connectivity index (χ1) is 13.6. The number of methoxy groups -OCH3 is 3. The van der Waals surface area contributed by atoms with E-state index in [0.29, 0.717) is 31.2 Å². The third-order valence-electron chi connectivity index (χ3n) is 4.91. The topological polar surface area (TPSA) is 82.9 Å². The molecular formula is C20H25N3O5. The second-order valence-corrected chi connectivity index (χ2v) is 6.54. The number of amides is 1. The molecule has 0 saturated carbocycles. The molecule has 0 aliphatic carbocycles. The van der Waals surface area contributed by atoms with Crippen LogP contribution >= 0.6 is 0 Å². The van der Waals surface area contributed by atoms with E-state index in [2.05, 4.69) is 5.10 Å². The standard InChI is InChI=1S/C20H25N3O5/c1-26-12-11-23-19(24)9-8-16(21-23)20(25)22-10-4-5-17(22)15-7-6-14(27-2)13-18(15)28-3/h6-9,13,17H,4-5,10-12H2,1-3H3. The van der Waals surface area contributed by atoms with Crippen LogP contribution in [0.2, 0.25) is 0 Å². The van der Waals surface area contributed by atoms with E-state index in [-0.39, 0.29) is 23.2 Å². The lowest BCUT2D eigenvalue weighted by atomic mass is 10.0. The van der Waals surface area contributed by atoms with Crippen LogP contribution in [0.5, 0.6) is 11.5 Å². The quantitative estimate of drug-likeness (QED) is 0.721. The van der Waals surface area contributed by atoms with E-state index in [4.69, 9.17) is 14.2 Å². The van der Waals surface area contributed by atoms with E-state index in [0.717, 1.165) is 18.4 Å². The van der Waals surface area contributed by atoms with Crippen LogP contribution in [0.3, 0.4) is 0 Å². The first-order valence-corrected chi connectivity index (χ1v) is 9.19. The zero-order chi connectivity index (χ0) is 20.1. The number of rotatable bonds is 7. The highest BCUT2D eigenvalue weighted by atomic mass is 16.5. The SMILES string of the molecule is COCCn1nc(C(=O)N2CCCC2c2ccc(OC)cc2OC)ccc1=O. The van der Waals surface area contributed by atoms with Gasteiger partial charge in [-0.25, -0.2) is 4.68 Å². The van der Waals surface area contributed by atoms with Crippen LogP contribution in [-0.2, 0) is 11.3 Å². The highest BCUT2D eigenvalue weighted by Crippen LogP contribution is 2.39. The summed E-state index contributed by atoms with van der Waals surface area (Å²) in [5, 5.41) is 4.23. The number of carbonyl (C=O) groups is 1. The molecule has 2 aromatic rings. The maximum absolute atomic E-state index is 13.1. The van der Waals surface area contributed by atoms with Crippen molar-refractivity contribution in [1.82, 2.24) is 14.7 Å². The van der Waals surface area contributed by atoms with Gasteiger partial charge in [0.25, 0.3) is 11.5 Å². The lowest BCUT2D eigenvalue weighted by Gasteiger charge is -2.26. The molecule has 0 radical (unpaired) electrons. The predicted molar refractivity (Wildman–Crippen MR) is 103 cm³/mol. The predicted octanol–water partition coefficient (Wildman–Crippen LogP) is 1.88. The summed E-state index contributed by atoms with van der Waals surface area (Å²) in [4.78, 5) is 26.9. The van der Waals surface area contributed by atoms with Gasteiger partial charge < -0.3 is 19.1 Å². The van der Waals surface area contributed by atoms with Crippen LogP contribution in [-0.4, -0.2) is 55.1 Å². The summed E-state index contributed by atoms with van der Waals surface area (Å²) in [6.45, 7) is 1.27. The molecule has 1 aromatic heterocycles. The number of ether oxygens (including phenoxy) is 3. The van der Waals surface area contributed by atoms with Crippen molar-refractivity contribution in [3.05, 3.63) is 51.9 Å². The molecule has 1 aliphatic heterocycles. The van der Waals surface area contributed by atoms with Crippen molar-refractivity contribution in [2.24, 2.45) is 0 Å². The Morgan fingerprint density at radius 1 is 1.18 bits per heavy atom. The van der Waals surface area contributed by atoms with E-state index in [1.165, 1.54) is 16.8 Å². The smallest absolute Gasteiger partial charge is 0.274 e. The van der Waals surface area contributed by atoms with Crippen LogP contribution in [0.15, 0.2) is 35.1 Å². The molecule has 150 valence electrons. The van der Waals surface area contributed by atoms with Gasteiger partial charge in [0, 0.05) is 31.4 Å². The van der Waals surface area contributed by atoms with Crippen LogP contribution < -0.4 is 15.0 Å². The Hall–Kier alpha value is -2.87. The van der Waals surface area contributed by atoms with E-state index in [1.807, 2.05) is 18.2 Å². The van der Waals surface area contributed by atoms with E-state index < -0.39 is 0 Å². The maximum atomic E-state index is 13.1. The highest BCUT2D eigenvalue weighted by Gasteiger charge is 2.33. The number of hydrogen-bond acceptors (Lipinski definition) is 6. The van der Waals surface area contributed by atoms with Crippen molar-refractivity contribution in [2.45, 2.75) is 25.4 Å². The number of nitrogens with zero attached hydrogens (tertiary/aromatic N) is 3. The number of likely N-dealkylation sites (tertiary alicyclic amines) is 1. The Morgan fingerprint density at radius 2 is 2.00 bits per heavy atom. The lowest BCUT2D eigenvalue weighted by molar-refractivity contribution is 0.0724. The van der Waals surface area contributed by atoms with Crippen molar-refractivity contribution in [3.63, 3.8) is 0 Å². The molecule has 1 saturated heterocycles. The molecule has 8 heteroatoms. The average molecular weight is 387 g/mol. The molecule has 3 rings (SSSR count). The minimum absolute atomic E-state index is 0.116. The number of hydrogen-bond donors (Lipinski definition) is 0. The Bertz CT molecular complexity index is 896. The van der Waals surface area contributed by atoms with Gasteiger partial charge in [0.2, 0.25) is 0 Å². The van der Waals surface area contributed by atoms with Gasteiger partial charge in [-0.3, -0.25) is 9.59 Å². The second kappa shape index (κ2) is 8.88. The summed E-state index contributed by atoms with van der Waals surface area (Å²) in [7, 11) is 4.76. The first kappa shape index (κ1) is 19.9. The lowest BCUT2D eigenvalue weighted by Crippen LogP contribution is -2.34. The van der Waals surface area contributed by atoms with Crippen molar-refractivity contribution in [2.75, 3.05) is 34.5 Å². The van der Waals surface area contributed by atoms with Gasteiger partial charge >= 0.3 is 0 Å². The Morgan fingerprint density at radius 3 is 2.71 bits per heavy atom. The van der Waals surface area contributed by atoms with Crippen LogP contribution in [0.4, 0.5) is 0 Å². The molecule has 1 atom stereocenters. The molecule has 28 heavy (non-hydrogen) atoms. The van der Waals surface area contributed by atoms with Gasteiger partial charge in [0.05, 0.1) is 33.4 Å². The van der Waals surface area contributed by atoms with Crippen molar-refractivity contribution < 1.29 is 19.0 Å². The molecule has 1 fully saturated rings. The van der Waals surface area contributed by atoms with Crippen molar-refractivity contribution in [3.8, 4) is 11.5 Å². The van der Waals surface area contributed by atoms with Crippen molar-refractivity contribution in [1.29, 1.82) is 0 Å². The number of carbonyl (C=O) groups excluding carboxylic acids is 1. The molecule has 1 amide bonds. The van der Waals surface area contributed by atoms with Crippen molar-refractivity contribution >= 4 is 5.91 Å².